The summed E-state index contributed by atoms with van der Waals surface area (Å²) in [6.45, 7) is 11.8. The van der Waals surface area contributed by atoms with Crippen molar-refractivity contribution in [1.29, 1.82) is 0 Å². The third-order valence-electron chi connectivity index (χ3n) is 2.71. The molecular weight excluding hydrogens is 160 g/mol. The molecule has 0 aromatic carbocycles. The van der Waals surface area contributed by atoms with E-state index in [9.17, 15) is 0 Å². The third-order valence-corrected chi connectivity index (χ3v) is 2.71. The topological polar surface area (TPSA) is 24.1 Å². The molecule has 76 valence electrons. The minimum Gasteiger partial charge on any atom is -0.388 e. The van der Waals surface area contributed by atoms with E-state index in [1.807, 2.05) is 0 Å². The zero-order chi connectivity index (χ0) is 9.68. The number of nitrogens with one attached hydrogen (secondary N) is 2. The van der Waals surface area contributed by atoms with Gasteiger partial charge in [-0.2, -0.15) is 0 Å². The summed E-state index contributed by atoms with van der Waals surface area (Å²) < 4.78 is 0. The van der Waals surface area contributed by atoms with Gasteiger partial charge in [-0.3, -0.25) is 0 Å². The van der Waals surface area contributed by atoms with Crippen molar-refractivity contribution in [3.63, 3.8) is 0 Å². The summed E-state index contributed by atoms with van der Waals surface area (Å²) in [6, 6.07) is 0. The molecule has 1 heterocycles. The number of rotatable bonds is 4. The van der Waals surface area contributed by atoms with E-state index >= 15 is 0 Å². The Morgan fingerprint density at radius 1 is 1.62 bits per heavy atom. The highest BCUT2D eigenvalue weighted by Gasteiger charge is 2.12. The molecule has 0 spiro atoms. The molecule has 0 saturated carbocycles. The van der Waals surface area contributed by atoms with E-state index in [4.69, 9.17) is 0 Å². The van der Waals surface area contributed by atoms with Gasteiger partial charge in [0.05, 0.1) is 0 Å². The molecule has 1 atom stereocenters. The third kappa shape index (κ3) is 3.81. The minimum atomic E-state index is 0.552. The molecule has 1 aliphatic heterocycles. The summed E-state index contributed by atoms with van der Waals surface area (Å²) in [6.07, 6.45) is 2.67. The first-order valence-electron chi connectivity index (χ1n) is 5.33. The molecule has 0 aromatic heterocycles. The molecule has 1 unspecified atom stereocenters. The van der Waals surface area contributed by atoms with E-state index in [0.717, 1.165) is 12.5 Å². The number of piperidine rings is 1. The molecule has 2 N–H and O–H groups in total. The first kappa shape index (κ1) is 10.6. The second kappa shape index (κ2) is 5.28. The fraction of sp³-hybridized carbons (Fsp3) is 0.818. The van der Waals surface area contributed by atoms with Crippen molar-refractivity contribution in [2.75, 3.05) is 19.6 Å². The molecule has 1 saturated heterocycles. The van der Waals surface area contributed by atoms with Crippen LogP contribution in [0.4, 0.5) is 0 Å². The summed E-state index contributed by atoms with van der Waals surface area (Å²) >= 11 is 0. The van der Waals surface area contributed by atoms with Crippen molar-refractivity contribution in [1.82, 2.24) is 10.6 Å². The highest BCUT2D eigenvalue weighted by atomic mass is 14.9. The standard InChI is InChI=1S/C11H22N2/c1-9(2)10(3)13-8-11-5-4-6-12-7-11/h9,11-13H,3-8H2,1-2H3. The number of hydrogen-bond acceptors (Lipinski definition) is 2. The maximum atomic E-state index is 4.01. The Hall–Kier alpha value is -0.500. The minimum absolute atomic E-state index is 0.552. The summed E-state index contributed by atoms with van der Waals surface area (Å²) in [5.74, 6) is 1.35. The summed E-state index contributed by atoms with van der Waals surface area (Å²) in [5.41, 5.74) is 1.17. The van der Waals surface area contributed by atoms with Crippen LogP contribution in [0.25, 0.3) is 0 Å². The van der Waals surface area contributed by atoms with Crippen molar-refractivity contribution >= 4 is 0 Å². The summed E-state index contributed by atoms with van der Waals surface area (Å²) in [7, 11) is 0. The molecule has 13 heavy (non-hydrogen) atoms. The maximum absolute atomic E-state index is 4.01. The van der Waals surface area contributed by atoms with Crippen LogP contribution >= 0.6 is 0 Å². The molecular formula is C11H22N2. The first-order valence-corrected chi connectivity index (χ1v) is 5.33. The Labute approximate surface area is 81.8 Å². The van der Waals surface area contributed by atoms with Crippen LogP contribution in [0, 0.1) is 11.8 Å². The highest BCUT2D eigenvalue weighted by Crippen LogP contribution is 2.10. The Balaban J connectivity index is 2.13. The van der Waals surface area contributed by atoms with Crippen LogP contribution in [-0.4, -0.2) is 19.6 Å². The van der Waals surface area contributed by atoms with Crippen LogP contribution in [0.5, 0.6) is 0 Å². The van der Waals surface area contributed by atoms with Gasteiger partial charge in [0.1, 0.15) is 0 Å². The molecule has 2 heteroatoms. The molecule has 2 nitrogen and oxygen atoms in total. The Bertz CT molecular complexity index is 157. The van der Waals surface area contributed by atoms with Gasteiger partial charge in [-0.1, -0.05) is 20.4 Å². The van der Waals surface area contributed by atoms with Crippen LogP contribution in [0.3, 0.4) is 0 Å². The quantitative estimate of drug-likeness (QED) is 0.692. The van der Waals surface area contributed by atoms with Crippen molar-refractivity contribution in [3.8, 4) is 0 Å². The van der Waals surface area contributed by atoms with Crippen molar-refractivity contribution in [3.05, 3.63) is 12.3 Å². The Morgan fingerprint density at radius 3 is 2.92 bits per heavy atom. The smallest absolute Gasteiger partial charge is 0.0184 e. The van der Waals surface area contributed by atoms with E-state index < -0.39 is 0 Å². The predicted molar refractivity (Wildman–Crippen MR) is 57.6 cm³/mol. The average molecular weight is 182 g/mol. The normalized spacial score (nSPS) is 23.2. The van der Waals surface area contributed by atoms with Crippen LogP contribution < -0.4 is 10.6 Å². The van der Waals surface area contributed by atoms with E-state index in [1.54, 1.807) is 0 Å². The maximum Gasteiger partial charge on any atom is 0.0184 e. The van der Waals surface area contributed by atoms with Gasteiger partial charge in [0.25, 0.3) is 0 Å². The largest absolute Gasteiger partial charge is 0.388 e. The molecule has 1 rings (SSSR count). The summed E-state index contributed by atoms with van der Waals surface area (Å²) in [4.78, 5) is 0. The van der Waals surface area contributed by atoms with Gasteiger partial charge >= 0.3 is 0 Å². The average Bonchev–Trinajstić information content (AvgIpc) is 2.15. The second-order valence-corrected chi connectivity index (χ2v) is 4.27. The van der Waals surface area contributed by atoms with E-state index in [-0.39, 0.29) is 0 Å². The van der Waals surface area contributed by atoms with E-state index in [0.29, 0.717) is 5.92 Å². The number of allylic oxidation sites excluding steroid dienone is 1. The van der Waals surface area contributed by atoms with Gasteiger partial charge in [-0.15, -0.1) is 0 Å². The fourth-order valence-electron chi connectivity index (χ4n) is 1.58. The SMILES string of the molecule is C=C(NCC1CCCNC1)C(C)C. The number of hydrogen-bond donors (Lipinski definition) is 2. The highest BCUT2D eigenvalue weighted by molar-refractivity contribution is 4.94. The lowest BCUT2D eigenvalue weighted by atomic mass is 9.99. The van der Waals surface area contributed by atoms with Crippen LogP contribution in [0.1, 0.15) is 26.7 Å². The van der Waals surface area contributed by atoms with Gasteiger partial charge in [-0.25, -0.2) is 0 Å². The summed E-state index contributed by atoms with van der Waals surface area (Å²) in [5, 5.41) is 6.84. The molecule has 0 amide bonds. The van der Waals surface area contributed by atoms with E-state index in [1.165, 1.54) is 31.6 Å². The lowest BCUT2D eigenvalue weighted by Gasteiger charge is -2.24. The Morgan fingerprint density at radius 2 is 2.38 bits per heavy atom. The monoisotopic (exact) mass is 182 g/mol. The fourth-order valence-corrected chi connectivity index (χ4v) is 1.58. The van der Waals surface area contributed by atoms with Crippen molar-refractivity contribution in [2.24, 2.45) is 11.8 Å². The molecule has 1 aliphatic rings. The van der Waals surface area contributed by atoms with E-state index in [2.05, 4.69) is 31.1 Å². The van der Waals surface area contributed by atoms with Gasteiger partial charge < -0.3 is 10.6 Å². The van der Waals surface area contributed by atoms with Crippen molar-refractivity contribution < 1.29 is 0 Å². The molecule has 0 bridgehead atoms. The van der Waals surface area contributed by atoms with Gasteiger partial charge in [-0.05, 0) is 37.8 Å². The molecule has 0 aliphatic carbocycles. The molecule has 0 radical (unpaired) electrons. The predicted octanol–water partition coefficient (Wildman–Crippen LogP) is 1.75. The zero-order valence-electron chi connectivity index (χ0n) is 8.90. The molecule has 1 fully saturated rings. The lowest BCUT2D eigenvalue weighted by Crippen LogP contribution is -2.36. The zero-order valence-corrected chi connectivity index (χ0v) is 8.90. The van der Waals surface area contributed by atoms with Gasteiger partial charge in [0.2, 0.25) is 0 Å². The van der Waals surface area contributed by atoms with Crippen molar-refractivity contribution in [2.45, 2.75) is 26.7 Å². The Kier molecular flexibility index (Phi) is 4.29. The lowest BCUT2D eigenvalue weighted by molar-refractivity contribution is 0.366. The van der Waals surface area contributed by atoms with Crippen LogP contribution in [-0.2, 0) is 0 Å². The molecule has 0 aromatic rings. The second-order valence-electron chi connectivity index (χ2n) is 4.27. The van der Waals surface area contributed by atoms with Crippen LogP contribution in [0.15, 0.2) is 12.3 Å². The van der Waals surface area contributed by atoms with Crippen LogP contribution in [0.2, 0.25) is 0 Å². The van der Waals surface area contributed by atoms with Gasteiger partial charge in [0, 0.05) is 12.2 Å². The first-order chi connectivity index (χ1) is 6.20. The van der Waals surface area contributed by atoms with Gasteiger partial charge in [0.15, 0.2) is 0 Å².